The van der Waals surface area contributed by atoms with Gasteiger partial charge in [0.25, 0.3) is 0 Å². The third kappa shape index (κ3) is 4.60. The van der Waals surface area contributed by atoms with Gasteiger partial charge >= 0.3 is 0 Å². The van der Waals surface area contributed by atoms with E-state index in [0.29, 0.717) is 5.92 Å². The average Bonchev–Trinajstić information content (AvgIpc) is 2.98. The third-order valence-electron chi connectivity index (χ3n) is 4.28. The first kappa shape index (κ1) is 15.5. The van der Waals surface area contributed by atoms with E-state index in [1.807, 2.05) is 7.05 Å². The molecular weight excluding hydrogens is 268 g/mol. The maximum absolute atomic E-state index is 12.3. The number of rotatable bonds is 6. The maximum atomic E-state index is 12.3. The molecule has 1 heterocycles. The van der Waals surface area contributed by atoms with E-state index in [-0.39, 0.29) is 11.9 Å². The smallest absolute Gasteiger partial charge is 0.239 e. The Morgan fingerprint density at radius 1 is 1.45 bits per heavy atom. The van der Waals surface area contributed by atoms with E-state index < -0.39 is 0 Å². The molecule has 20 heavy (non-hydrogen) atoms. The molecule has 0 saturated heterocycles. The molecule has 4 heteroatoms. The van der Waals surface area contributed by atoms with Crippen molar-refractivity contribution in [3.05, 3.63) is 22.4 Å². The molecule has 1 atom stereocenters. The standard InChI is InChI=1S/C16H26N2OS/c1-18(10-9-14-8-5-11-20-14)16(19)15(17)12-13-6-3-2-4-7-13/h5,8,11,13,15H,2-4,6-7,9-10,12,17H2,1H3. The van der Waals surface area contributed by atoms with E-state index in [4.69, 9.17) is 5.73 Å². The first-order chi connectivity index (χ1) is 9.66. The Morgan fingerprint density at radius 2 is 2.20 bits per heavy atom. The normalized spacial score (nSPS) is 17.9. The van der Waals surface area contributed by atoms with Gasteiger partial charge in [0.2, 0.25) is 5.91 Å². The molecule has 0 aliphatic heterocycles. The summed E-state index contributed by atoms with van der Waals surface area (Å²) in [6.45, 7) is 0.762. The number of nitrogens with zero attached hydrogens (tertiary/aromatic N) is 1. The Labute approximate surface area is 126 Å². The lowest BCUT2D eigenvalue weighted by atomic mass is 9.85. The van der Waals surface area contributed by atoms with E-state index in [0.717, 1.165) is 19.4 Å². The largest absolute Gasteiger partial charge is 0.344 e. The summed E-state index contributed by atoms with van der Waals surface area (Å²) >= 11 is 1.74. The van der Waals surface area contributed by atoms with Crippen molar-refractivity contribution in [3.8, 4) is 0 Å². The van der Waals surface area contributed by atoms with Crippen molar-refractivity contribution in [2.24, 2.45) is 11.7 Å². The highest BCUT2D eigenvalue weighted by molar-refractivity contribution is 7.09. The molecule has 1 fully saturated rings. The van der Waals surface area contributed by atoms with Crippen LogP contribution < -0.4 is 5.73 Å². The molecular formula is C16H26N2OS. The molecule has 1 unspecified atom stereocenters. The Morgan fingerprint density at radius 3 is 2.85 bits per heavy atom. The summed E-state index contributed by atoms with van der Waals surface area (Å²) in [4.78, 5) is 15.4. The van der Waals surface area contributed by atoms with Gasteiger partial charge in [0.15, 0.2) is 0 Å². The average molecular weight is 294 g/mol. The molecule has 1 aromatic heterocycles. The van der Waals surface area contributed by atoms with Gasteiger partial charge in [-0.15, -0.1) is 11.3 Å². The van der Waals surface area contributed by atoms with E-state index in [9.17, 15) is 4.79 Å². The minimum Gasteiger partial charge on any atom is -0.344 e. The lowest BCUT2D eigenvalue weighted by Crippen LogP contribution is -2.43. The summed E-state index contributed by atoms with van der Waals surface area (Å²) in [5.41, 5.74) is 6.11. The number of thiophene rings is 1. The molecule has 0 radical (unpaired) electrons. The Balaban J connectivity index is 1.73. The number of hydrogen-bond donors (Lipinski definition) is 1. The molecule has 0 bridgehead atoms. The van der Waals surface area contributed by atoms with Crippen molar-refractivity contribution < 1.29 is 4.79 Å². The fraction of sp³-hybridized carbons (Fsp3) is 0.688. The number of carbonyl (C=O) groups excluding carboxylic acids is 1. The Kier molecular flexibility index (Phi) is 6.05. The second-order valence-electron chi connectivity index (χ2n) is 5.94. The maximum Gasteiger partial charge on any atom is 0.239 e. The summed E-state index contributed by atoms with van der Waals surface area (Å²) < 4.78 is 0. The zero-order chi connectivity index (χ0) is 14.4. The summed E-state index contributed by atoms with van der Waals surface area (Å²) in [7, 11) is 1.87. The van der Waals surface area contributed by atoms with Crippen LogP contribution in [0.3, 0.4) is 0 Å². The first-order valence-electron chi connectivity index (χ1n) is 7.69. The predicted octanol–water partition coefficient (Wildman–Crippen LogP) is 3.05. The van der Waals surface area contributed by atoms with Crippen LogP contribution in [0.1, 0.15) is 43.4 Å². The van der Waals surface area contributed by atoms with Crippen molar-refractivity contribution in [2.45, 2.75) is 51.0 Å². The van der Waals surface area contributed by atoms with Crippen LogP contribution in [-0.2, 0) is 11.2 Å². The molecule has 2 N–H and O–H groups in total. The van der Waals surface area contributed by atoms with E-state index in [2.05, 4.69) is 17.5 Å². The van der Waals surface area contributed by atoms with Crippen LogP contribution in [0.5, 0.6) is 0 Å². The van der Waals surface area contributed by atoms with E-state index in [1.165, 1.54) is 37.0 Å². The highest BCUT2D eigenvalue weighted by Crippen LogP contribution is 2.27. The van der Waals surface area contributed by atoms with Gasteiger partial charge in [0, 0.05) is 18.5 Å². The van der Waals surface area contributed by atoms with Gasteiger partial charge < -0.3 is 10.6 Å². The molecule has 2 rings (SSSR count). The fourth-order valence-corrected chi connectivity index (χ4v) is 3.71. The molecule has 1 aliphatic rings. The summed E-state index contributed by atoms with van der Waals surface area (Å²) in [5, 5.41) is 2.08. The summed E-state index contributed by atoms with van der Waals surface area (Å²) in [5.74, 6) is 0.764. The van der Waals surface area contributed by atoms with E-state index >= 15 is 0 Å². The van der Waals surface area contributed by atoms with E-state index in [1.54, 1.807) is 16.2 Å². The highest BCUT2D eigenvalue weighted by Gasteiger charge is 2.23. The lowest BCUT2D eigenvalue weighted by Gasteiger charge is -2.26. The quantitative estimate of drug-likeness (QED) is 0.876. The van der Waals surface area contributed by atoms with Crippen LogP contribution >= 0.6 is 11.3 Å². The van der Waals surface area contributed by atoms with Crippen molar-refractivity contribution in [3.63, 3.8) is 0 Å². The molecule has 112 valence electrons. The van der Waals surface area contributed by atoms with Crippen LogP contribution in [0.15, 0.2) is 17.5 Å². The van der Waals surface area contributed by atoms with Gasteiger partial charge in [-0.1, -0.05) is 38.2 Å². The molecule has 0 spiro atoms. The molecule has 3 nitrogen and oxygen atoms in total. The topological polar surface area (TPSA) is 46.3 Å². The van der Waals surface area contributed by atoms with Crippen LogP contribution in [-0.4, -0.2) is 30.4 Å². The number of nitrogens with two attached hydrogens (primary N) is 1. The zero-order valence-corrected chi connectivity index (χ0v) is 13.2. The van der Waals surface area contributed by atoms with Crippen LogP contribution in [0, 0.1) is 5.92 Å². The van der Waals surface area contributed by atoms with Gasteiger partial charge in [0.1, 0.15) is 0 Å². The third-order valence-corrected chi connectivity index (χ3v) is 5.22. The number of hydrogen-bond acceptors (Lipinski definition) is 3. The highest BCUT2D eigenvalue weighted by atomic mass is 32.1. The fourth-order valence-electron chi connectivity index (χ4n) is 3.01. The monoisotopic (exact) mass is 294 g/mol. The minimum atomic E-state index is -0.313. The number of amides is 1. The second-order valence-corrected chi connectivity index (χ2v) is 6.97. The SMILES string of the molecule is CN(CCc1cccs1)C(=O)C(N)CC1CCCCC1. The van der Waals surface area contributed by atoms with Crippen molar-refractivity contribution in [1.29, 1.82) is 0 Å². The molecule has 1 aromatic rings. The number of carbonyl (C=O) groups is 1. The lowest BCUT2D eigenvalue weighted by molar-refractivity contribution is -0.131. The predicted molar refractivity (Wildman–Crippen MR) is 84.8 cm³/mol. The first-order valence-corrected chi connectivity index (χ1v) is 8.57. The van der Waals surface area contributed by atoms with Crippen LogP contribution in [0.25, 0.3) is 0 Å². The molecule has 1 aliphatic carbocycles. The second kappa shape index (κ2) is 7.79. The minimum absolute atomic E-state index is 0.104. The van der Waals surface area contributed by atoms with Crippen LogP contribution in [0.2, 0.25) is 0 Å². The molecule has 1 amide bonds. The van der Waals surface area contributed by atoms with Gasteiger partial charge in [0.05, 0.1) is 6.04 Å². The number of likely N-dealkylation sites (N-methyl/N-ethyl adjacent to an activating group) is 1. The summed E-state index contributed by atoms with van der Waals surface area (Å²) in [6.07, 6.45) is 8.25. The van der Waals surface area contributed by atoms with Crippen molar-refractivity contribution in [2.75, 3.05) is 13.6 Å². The van der Waals surface area contributed by atoms with Crippen molar-refractivity contribution in [1.82, 2.24) is 4.90 Å². The Bertz CT molecular complexity index is 399. The van der Waals surface area contributed by atoms with Gasteiger partial charge in [-0.2, -0.15) is 0 Å². The van der Waals surface area contributed by atoms with Gasteiger partial charge in [-0.05, 0) is 30.2 Å². The molecule has 1 saturated carbocycles. The van der Waals surface area contributed by atoms with Crippen molar-refractivity contribution >= 4 is 17.2 Å². The zero-order valence-electron chi connectivity index (χ0n) is 12.4. The Hall–Kier alpha value is -0.870. The molecule has 0 aromatic carbocycles. The van der Waals surface area contributed by atoms with Gasteiger partial charge in [-0.25, -0.2) is 0 Å². The summed E-state index contributed by atoms with van der Waals surface area (Å²) in [6, 6.07) is 3.85. The van der Waals surface area contributed by atoms with Gasteiger partial charge in [-0.3, -0.25) is 4.79 Å². The van der Waals surface area contributed by atoms with Crippen LogP contribution in [0.4, 0.5) is 0 Å².